The Labute approximate surface area is 75.7 Å². The number of halogens is 4. The molecule has 3 nitrogen and oxygen atoms in total. The van der Waals surface area contributed by atoms with Gasteiger partial charge in [0.2, 0.25) is 0 Å². The highest BCUT2D eigenvalue weighted by Crippen LogP contribution is 2.30. The Balaban J connectivity index is 3.30. The predicted molar refractivity (Wildman–Crippen MR) is 38.6 cm³/mol. The monoisotopic (exact) mass is 208 g/mol. The molecule has 0 aliphatic heterocycles. The average molecular weight is 208 g/mol. The molecular weight excluding hydrogens is 204 g/mol. The van der Waals surface area contributed by atoms with Gasteiger partial charge in [0.05, 0.1) is 23.7 Å². The van der Waals surface area contributed by atoms with Gasteiger partial charge in [-0.25, -0.2) is 4.39 Å². The van der Waals surface area contributed by atoms with Gasteiger partial charge in [0.15, 0.2) is 0 Å². The van der Waals surface area contributed by atoms with Crippen LogP contribution in [0.15, 0.2) is 17.4 Å². The number of hydrogen-bond acceptors (Lipinski definition) is 3. The fourth-order valence-corrected chi connectivity index (χ4v) is 0.834. The van der Waals surface area contributed by atoms with Crippen LogP contribution in [0.25, 0.3) is 0 Å². The van der Waals surface area contributed by atoms with Crippen molar-refractivity contribution in [3.8, 4) is 0 Å². The van der Waals surface area contributed by atoms with Crippen molar-refractivity contribution < 1.29 is 22.8 Å². The van der Waals surface area contributed by atoms with Gasteiger partial charge in [-0.05, 0) is 6.07 Å². The van der Waals surface area contributed by atoms with Crippen molar-refractivity contribution >= 4 is 6.21 Å². The lowest BCUT2D eigenvalue weighted by atomic mass is 10.2. The second-order valence-electron chi connectivity index (χ2n) is 2.33. The van der Waals surface area contributed by atoms with Crippen molar-refractivity contribution in [3.05, 3.63) is 29.3 Å². The first kappa shape index (κ1) is 10.4. The summed E-state index contributed by atoms with van der Waals surface area (Å²) >= 11 is 0. The van der Waals surface area contributed by atoms with E-state index in [-0.39, 0.29) is 6.07 Å². The van der Waals surface area contributed by atoms with Crippen molar-refractivity contribution in [1.82, 2.24) is 4.98 Å². The SMILES string of the molecule is O/N=C/c1ncc(F)cc1C(F)(F)F. The Morgan fingerprint density at radius 3 is 2.57 bits per heavy atom. The average Bonchev–Trinajstić information content (AvgIpc) is 2.07. The number of aromatic nitrogens is 1. The number of oxime groups is 1. The zero-order valence-corrected chi connectivity index (χ0v) is 6.59. The molecule has 0 spiro atoms. The summed E-state index contributed by atoms with van der Waals surface area (Å²) in [7, 11) is 0. The van der Waals surface area contributed by atoms with E-state index < -0.39 is 23.3 Å². The second kappa shape index (κ2) is 3.60. The Hall–Kier alpha value is -1.66. The Morgan fingerprint density at radius 1 is 1.43 bits per heavy atom. The minimum atomic E-state index is -4.73. The number of pyridine rings is 1. The van der Waals surface area contributed by atoms with Gasteiger partial charge in [0.1, 0.15) is 5.82 Å². The highest BCUT2D eigenvalue weighted by molar-refractivity contribution is 5.78. The molecule has 1 N–H and O–H groups in total. The molecule has 1 aromatic rings. The first-order valence-electron chi connectivity index (χ1n) is 3.35. The molecule has 76 valence electrons. The van der Waals surface area contributed by atoms with Crippen molar-refractivity contribution in [3.63, 3.8) is 0 Å². The second-order valence-corrected chi connectivity index (χ2v) is 2.33. The smallest absolute Gasteiger partial charge is 0.411 e. The summed E-state index contributed by atoms with van der Waals surface area (Å²) < 4.78 is 49.1. The lowest BCUT2D eigenvalue weighted by molar-refractivity contribution is -0.138. The summed E-state index contributed by atoms with van der Waals surface area (Å²) in [5.74, 6) is -1.10. The van der Waals surface area contributed by atoms with Crippen LogP contribution in [0, 0.1) is 5.82 Å². The van der Waals surface area contributed by atoms with Crippen LogP contribution in [-0.2, 0) is 6.18 Å². The predicted octanol–water partition coefficient (Wildman–Crippen LogP) is 2.05. The molecule has 0 amide bonds. The largest absolute Gasteiger partial charge is 0.418 e. The third-order valence-corrected chi connectivity index (χ3v) is 1.37. The minimum Gasteiger partial charge on any atom is -0.411 e. The third-order valence-electron chi connectivity index (χ3n) is 1.37. The van der Waals surface area contributed by atoms with Crippen molar-refractivity contribution in [2.75, 3.05) is 0 Å². The molecule has 0 atom stereocenters. The van der Waals surface area contributed by atoms with Crippen LogP contribution < -0.4 is 0 Å². The molecule has 0 aromatic carbocycles. The van der Waals surface area contributed by atoms with Gasteiger partial charge in [-0.1, -0.05) is 5.16 Å². The number of alkyl halides is 3. The van der Waals surface area contributed by atoms with Crippen molar-refractivity contribution in [1.29, 1.82) is 0 Å². The number of hydrogen-bond donors (Lipinski definition) is 1. The Bertz CT molecular complexity index is 361. The van der Waals surface area contributed by atoms with E-state index in [1.165, 1.54) is 0 Å². The molecule has 14 heavy (non-hydrogen) atoms. The molecule has 0 bridgehead atoms. The fraction of sp³-hybridized carbons (Fsp3) is 0.143. The van der Waals surface area contributed by atoms with E-state index in [2.05, 4.69) is 10.1 Å². The Morgan fingerprint density at radius 2 is 2.07 bits per heavy atom. The number of rotatable bonds is 1. The van der Waals surface area contributed by atoms with E-state index >= 15 is 0 Å². The van der Waals surface area contributed by atoms with E-state index in [1.807, 2.05) is 0 Å². The summed E-state index contributed by atoms with van der Waals surface area (Å²) in [6.45, 7) is 0. The number of nitrogens with zero attached hydrogens (tertiary/aromatic N) is 2. The van der Waals surface area contributed by atoms with Crippen LogP contribution in [0.3, 0.4) is 0 Å². The van der Waals surface area contributed by atoms with Gasteiger partial charge in [-0.2, -0.15) is 13.2 Å². The summed E-state index contributed by atoms with van der Waals surface area (Å²) in [6.07, 6.45) is -3.64. The van der Waals surface area contributed by atoms with Gasteiger partial charge in [-0.3, -0.25) is 4.98 Å². The highest BCUT2D eigenvalue weighted by Gasteiger charge is 2.34. The molecule has 0 saturated heterocycles. The molecule has 0 radical (unpaired) electrons. The van der Waals surface area contributed by atoms with Crippen LogP contribution in [0.5, 0.6) is 0 Å². The molecular formula is C7H4F4N2O. The maximum Gasteiger partial charge on any atom is 0.418 e. The normalized spacial score (nSPS) is 12.3. The molecule has 0 aliphatic carbocycles. The van der Waals surface area contributed by atoms with Crippen LogP contribution in [0.1, 0.15) is 11.3 Å². The molecule has 0 unspecified atom stereocenters. The van der Waals surface area contributed by atoms with Gasteiger partial charge >= 0.3 is 6.18 Å². The van der Waals surface area contributed by atoms with Gasteiger partial charge < -0.3 is 5.21 Å². The highest BCUT2D eigenvalue weighted by atomic mass is 19.4. The van der Waals surface area contributed by atoms with E-state index in [1.54, 1.807) is 0 Å². The van der Waals surface area contributed by atoms with Gasteiger partial charge in [-0.15, -0.1) is 0 Å². The first-order chi connectivity index (χ1) is 6.45. The summed E-state index contributed by atoms with van der Waals surface area (Å²) in [5, 5.41) is 10.4. The molecule has 0 saturated carbocycles. The third kappa shape index (κ3) is 2.18. The molecule has 0 fully saturated rings. The maximum absolute atomic E-state index is 12.4. The lowest BCUT2D eigenvalue weighted by Crippen LogP contribution is -2.11. The molecule has 0 aliphatic rings. The van der Waals surface area contributed by atoms with Gasteiger partial charge in [0.25, 0.3) is 0 Å². The zero-order valence-electron chi connectivity index (χ0n) is 6.59. The summed E-state index contributed by atoms with van der Waals surface area (Å²) in [6, 6.07) is 0.282. The van der Waals surface area contributed by atoms with Crippen LogP contribution in [0.2, 0.25) is 0 Å². The van der Waals surface area contributed by atoms with E-state index in [4.69, 9.17) is 5.21 Å². The standard InChI is InChI=1S/C7H4F4N2O/c8-4-1-5(7(9,10)11)6(3-13-14)12-2-4/h1-3,14H/b13-3+. The van der Waals surface area contributed by atoms with Crippen molar-refractivity contribution in [2.45, 2.75) is 6.18 Å². The van der Waals surface area contributed by atoms with Gasteiger partial charge in [0, 0.05) is 0 Å². The molecule has 1 heterocycles. The van der Waals surface area contributed by atoms with Crippen LogP contribution >= 0.6 is 0 Å². The summed E-state index contributed by atoms with van der Waals surface area (Å²) in [4.78, 5) is 3.13. The van der Waals surface area contributed by atoms with E-state index in [9.17, 15) is 17.6 Å². The topological polar surface area (TPSA) is 45.5 Å². The maximum atomic E-state index is 12.4. The first-order valence-corrected chi connectivity index (χ1v) is 3.35. The fourth-order valence-electron chi connectivity index (χ4n) is 0.834. The minimum absolute atomic E-state index is 0.282. The van der Waals surface area contributed by atoms with Crippen molar-refractivity contribution in [2.24, 2.45) is 5.16 Å². The quantitative estimate of drug-likeness (QED) is 0.332. The lowest BCUT2D eigenvalue weighted by Gasteiger charge is -2.08. The molecule has 1 rings (SSSR count). The molecule has 7 heteroatoms. The van der Waals surface area contributed by atoms with E-state index in [0.29, 0.717) is 12.4 Å². The zero-order chi connectivity index (χ0) is 10.8. The summed E-state index contributed by atoms with van der Waals surface area (Å²) in [5.41, 5.74) is -1.92. The van der Waals surface area contributed by atoms with Crippen LogP contribution in [-0.4, -0.2) is 16.4 Å². The van der Waals surface area contributed by atoms with Crippen LogP contribution in [0.4, 0.5) is 17.6 Å². The van der Waals surface area contributed by atoms with E-state index in [0.717, 1.165) is 0 Å². The Kier molecular flexibility index (Phi) is 2.68. The molecule has 1 aromatic heterocycles.